The first-order chi connectivity index (χ1) is 17.0. The average molecular weight is 472 g/mol. The van der Waals surface area contributed by atoms with Gasteiger partial charge in [0.25, 0.3) is 0 Å². The number of carboxylic acids is 1. The highest BCUT2D eigenvalue weighted by molar-refractivity contribution is 5.89. The topological polar surface area (TPSA) is 129 Å². The summed E-state index contributed by atoms with van der Waals surface area (Å²) in [7, 11) is 0. The van der Waals surface area contributed by atoms with Crippen molar-refractivity contribution in [2.75, 3.05) is 0 Å². The number of benzene rings is 3. The number of carboxylic acid groups (broad SMARTS) is 1. The molecule has 0 aliphatic heterocycles. The van der Waals surface area contributed by atoms with E-state index in [9.17, 15) is 24.8 Å². The average Bonchev–Trinajstić information content (AvgIpc) is 2.88. The molecule has 0 fully saturated rings. The van der Waals surface area contributed by atoms with Gasteiger partial charge in [-0.1, -0.05) is 78.9 Å². The number of alkyl carbamates (subject to hydrolysis) is 1. The van der Waals surface area contributed by atoms with Crippen LogP contribution in [-0.4, -0.2) is 35.2 Å². The zero-order valence-electron chi connectivity index (χ0n) is 18.9. The second-order valence-corrected chi connectivity index (χ2v) is 7.82. The van der Waals surface area contributed by atoms with Crippen LogP contribution in [-0.2, 0) is 33.8 Å². The molecule has 0 heterocycles. The van der Waals surface area contributed by atoms with E-state index in [1.807, 2.05) is 30.3 Å². The second-order valence-electron chi connectivity index (χ2n) is 7.82. The van der Waals surface area contributed by atoms with Crippen LogP contribution < -0.4 is 10.6 Å². The van der Waals surface area contributed by atoms with Crippen molar-refractivity contribution in [1.29, 1.82) is 5.26 Å². The normalized spacial score (nSPS) is 12.0. The lowest BCUT2D eigenvalue weighted by molar-refractivity contribution is -0.142. The quantitative estimate of drug-likeness (QED) is 0.417. The molecule has 3 N–H and O–H groups in total. The molecule has 35 heavy (non-hydrogen) atoms. The molecule has 8 heteroatoms. The molecule has 178 valence electrons. The monoisotopic (exact) mass is 471 g/mol. The van der Waals surface area contributed by atoms with E-state index in [-0.39, 0.29) is 19.4 Å². The molecule has 3 aromatic rings. The van der Waals surface area contributed by atoms with Crippen LogP contribution in [0.1, 0.15) is 22.3 Å². The van der Waals surface area contributed by atoms with Gasteiger partial charge in [0, 0.05) is 12.8 Å². The number of amides is 2. The van der Waals surface area contributed by atoms with Crippen LogP contribution in [0.25, 0.3) is 0 Å². The van der Waals surface area contributed by atoms with Crippen molar-refractivity contribution in [1.82, 2.24) is 10.6 Å². The highest BCUT2D eigenvalue weighted by atomic mass is 16.5. The van der Waals surface area contributed by atoms with E-state index in [0.29, 0.717) is 11.1 Å². The fraction of sp³-hybridized carbons (Fsp3) is 0.185. The zero-order chi connectivity index (χ0) is 25.0. The Morgan fingerprint density at radius 1 is 0.800 bits per heavy atom. The lowest BCUT2D eigenvalue weighted by Gasteiger charge is -2.22. The summed E-state index contributed by atoms with van der Waals surface area (Å²) in [5.74, 6) is -1.93. The molecule has 0 aliphatic rings. The van der Waals surface area contributed by atoms with Gasteiger partial charge in [-0.3, -0.25) is 4.79 Å². The number of ether oxygens (including phenoxy) is 1. The predicted octanol–water partition coefficient (Wildman–Crippen LogP) is 3.21. The summed E-state index contributed by atoms with van der Waals surface area (Å²) in [6, 6.07) is 24.4. The van der Waals surface area contributed by atoms with Crippen LogP contribution in [0.5, 0.6) is 0 Å². The van der Waals surface area contributed by atoms with Gasteiger partial charge in [-0.2, -0.15) is 5.26 Å². The molecule has 3 rings (SSSR count). The van der Waals surface area contributed by atoms with Crippen LogP contribution in [0.4, 0.5) is 4.79 Å². The summed E-state index contributed by atoms with van der Waals surface area (Å²) in [5.41, 5.74) is 2.39. The Morgan fingerprint density at radius 3 is 2.03 bits per heavy atom. The molecule has 8 nitrogen and oxygen atoms in total. The maximum absolute atomic E-state index is 13.1. The third-order valence-electron chi connectivity index (χ3n) is 5.28. The number of hydrogen-bond donors (Lipinski definition) is 3. The summed E-state index contributed by atoms with van der Waals surface area (Å²) in [5, 5.41) is 24.0. The minimum absolute atomic E-state index is 0.0229. The Balaban J connectivity index is 1.72. The largest absolute Gasteiger partial charge is 0.480 e. The number of carbonyl (C=O) groups is 3. The van der Waals surface area contributed by atoms with Gasteiger partial charge in [-0.15, -0.1) is 0 Å². The van der Waals surface area contributed by atoms with Crippen LogP contribution >= 0.6 is 0 Å². The first-order valence-electron chi connectivity index (χ1n) is 11.0. The number of hydrogen-bond acceptors (Lipinski definition) is 5. The summed E-state index contributed by atoms with van der Waals surface area (Å²) in [4.78, 5) is 37.4. The molecule has 0 bridgehead atoms. The number of carbonyl (C=O) groups excluding carboxylic acids is 2. The Morgan fingerprint density at radius 2 is 1.40 bits per heavy atom. The smallest absolute Gasteiger partial charge is 0.408 e. The van der Waals surface area contributed by atoms with E-state index < -0.39 is 30.1 Å². The third kappa shape index (κ3) is 7.72. The molecule has 0 aromatic heterocycles. The highest BCUT2D eigenvalue weighted by Gasteiger charge is 2.28. The SMILES string of the molecule is N#Cc1ccccc1C[C@H](NC(=O)[C@H](Cc1ccccc1)NC(=O)OCc1ccccc1)C(=O)O. The van der Waals surface area contributed by atoms with E-state index in [2.05, 4.69) is 10.6 Å². The van der Waals surface area contributed by atoms with Gasteiger partial charge in [0.2, 0.25) is 5.91 Å². The van der Waals surface area contributed by atoms with Crippen molar-refractivity contribution < 1.29 is 24.2 Å². The van der Waals surface area contributed by atoms with E-state index in [1.165, 1.54) is 0 Å². The van der Waals surface area contributed by atoms with Gasteiger partial charge in [0.1, 0.15) is 18.7 Å². The van der Waals surface area contributed by atoms with Gasteiger partial charge < -0.3 is 20.5 Å². The van der Waals surface area contributed by atoms with Crippen LogP contribution in [0.3, 0.4) is 0 Å². The fourth-order valence-corrected chi connectivity index (χ4v) is 3.47. The number of rotatable bonds is 10. The van der Waals surface area contributed by atoms with Crippen molar-refractivity contribution in [3.8, 4) is 6.07 Å². The van der Waals surface area contributed by atoms with Crippen molar-refractivity contribution >= 4 is 18.0 Å². The molecule has 0 spiro atoms. The number of nitriles is 1. The second kappa shape index (κ2) is 12.6. The molecule has 0 saturated carbocycles. The molecule has 0 radical (unpaired) electrons. The maximum Gasteiger partial charge on any atom is 0.408 e. The van der Waals surface area contributed by atoms with E-state index in [0.717, 1.165) is 11.1 Å². The van der Waals surface area contributed by atoms with Crippen molar-refractivity contribution in [3.63, 3.8) is 0 Å². The summed E-state index contributed by atoms with van der Waals surface area (Å²) in [6.45, 7) is 0.0229. The van der Waals surface area contributed by atoms with Crippen molar-refractivity contribution in [3.05, 3.63) is 107 Å². The molecular formula is C27H25N3O5. The van der Waals surface area contributed by atoms with E-state index in [4.69, 9.17) is 4.74 Å². The van der Waals surface area contributed by atoms with Gasteiger partial charge in [-0.25, -0.2) is 9.59 Å². The van der Waals surface area contributed by atoms with Crippen LogP contribution in [0, 0.1) is 11.3 Å². The van der Waals surface area contributed by atoms with Crippen LogP contribution in [0.2, 0.25) is 0 Å². The summed E-state index contributed by atoms with van der Waals surface area (Å²) >= 11 is 0. The first kappa shape index (κ1) is 25.0. The van der Waals surface area contributed by atoms with E-state index in [1.54, 1.807) is 60.7 Å². The Labute approximate surface area is 203 Å². The predicted molar refractivity (Wildman–Crippen MR) is 128 cm³/mol. The number of aliphatic carboxylic acids is 1. The summed E-state index contributed by atoms with van der Waals surface area (Å²) < 4.78 is 5.24. The molecule has 2 atom stereocenters. The number of nitrogens with one attached hydrogen (secondary N) is 2. The highest BCUT2D eigenvalue weighted by Crippen LogP contribution is 2.11. The van der Waals surface area contributed by atoms with Gasteiger partial charge in [0.15, 0.2) is 0 Å². The van der Waals surface area contributed by atoms with Crippen molar-refractivity contribution in [2.24, 2.45) is 0 Å². The van der Waals surface area contributed by atoms with Crippen molar-refractivity contribution in [2.45, 2.75) is 31.5 Å². The Bertz CT molecular complexity index is 1190. The lowest BCUT2D eigenvalue weighted by Crippen LogP contribution is -2.53. The van der Waals surface area contributed by atoms with E-state index >= 15 is 0 Å². The molecule has 3 aromatic carbocycles. The first-order valence-corrected chi connectivity index (χ1v) is 11.0. The molecule has 2 amide bonds. The molecule has 0 saturated heterocycles. The Kier molecular flexibility index (Phi) is 8.97. The maximum atomic E-state index is 13.1. The van der Waals surface area contributed by atoms with Gasteiger partial charge in [0.05, 0.1) is 11.6 Å². The van der Waals surface area contributed by atoms with Gasteiger partial charge >= 0.3 is 12.1 Å². The molecule has 0 unspecified atom stereocenters. The summed E-state index contributed by atoms with van der Waals surface area (Å²) in [6.07, 6.45) is -0.748. The minimum Gasteiger partial charge on any atom is -0.480 e. The standard InChI is InChI=1S/C27H25N3O5/c28-17-22-14-8-7-13-21(22)16-24(26(32)33)29-25(31)23(15-19-9-3-1-4-10-19)30-27(34)35-18-20-11-5-2-6-12-20/h1-14,23-24H,15-16,18H2,(H,29,31)(H,30,34)(H,32,33)/t23-,24-/m0/s1. The minimum atomic E-state index is -1.29. The zero-order valence-corrected chi connectivity index (χ0v) is 18.9. The van der Waals surface area contributed by atoms with Gasteiger partial charge in [-0.05, 0) is 22.8 Å². The van der Waals surface area contributed by atoms with Crippen LogP contribution in [0.15, 0.2) is 84.9 Å². The lowest BCUT2D eigenvalue weighted by atomic mass is 10.00. The molecular weight excluding hydrogens is 446 g/mol. The Hall–Kier alpha value is -4.64. The third-order valence-corrected chi connectivity index (χ3v) is 5.28. The number of nitrogens with zero attached hydrogens (tertiary/aromatic N) is 1. The fourth-order valence-electron chi connectivity index (χ4n) is 3.47. The molecule has 0 aliphatic carbocycles.